The van der Waals surface area contributed by atoms with Gasteiger partial charge in [-0.25, -0.2) is 4.79 Å². The number of rotatable bonds is 1. The zero-order valence-corrected chi connectivity index (χ0v) is 10.5. The smallest absolute Gasteiger partial charge is 0.315 e. The number of carbonyl (C=O) groups excluding carboxylic acids is 1. The highest BCUT2D eigenvalue weighted by Gasteiger charge is 2.47. The van der Waals surface area contributed by atoms with Gasteiger partial charge in [-0.3, -0.25) is 0 Å². The van der Waals surface area contributed by atoms with Crippen LogP contribution in [-0.2, 0) is 0 Å². The van der Waals surface area contributed by atoms with Crippen LogP contribution in [0.5, 0.6) is 0 Å². The molecule has 0 spiro atoms. The molecule has 3 nitrogen and oxygen atoms in total. The summed E-state index contributed by atoms with van der Waals surface area (Å²) in [6.45, 7) is 4.37. The summed E-state index contributed by atoms with van der Waals surface area (Å²) in [6.07, 6.45) is 8.78. The van der Waals surface area contributed by atoms with E-state index in [-0.39, 0.29) is 11.6 Å². The van der Waals surface area contributed by atoms with E-state index < -0.39 is 0 Å². The summed E-state index contributed by atoms with van der Waals surface area (Å²) in [5, 5.41) is 0. The summed E-state index contributed by atoms with van der Waals surface area (Å²) in [6, 6.07) is 0.0995. The monoisotopic (exact) mass is 224 g/mol. The molecular formula is C13H24N2O. The molecule has 2 unspecified atom stereocenters. The topological polar surface area (TPSA) is 46.3 Å². The third-order valence-corrected chi connectivity index (χ3v) is 4.78. The van der Waals surface area contributed by atoms with E-state index in [0.29, 0.717) is 12.0 Å². The van der Waals surface area contributed by atoms with Gasteiger partial charge in [0.15, 0.2) is 0 Å². The van der Waals surface area contributed by atoms with E-state index in [4.69, 9.17) is 5.73 Å². The molecule has 2 atom stereocenters. The standard InChI is InChI=1S/C13H24N2O/c1-10-8-9-13(2,15(10)12(14)16)11-6-4-3-5-7-11/h10-11H,3-9H2,1-2H3,(H2,14,16). The van der Waals surface area contributed by atoms with Gasteiger partial charge in [-0.15, -0.1) is 0 Å². The van der Waals surface area contributed by atoms with Crippen molar-refractivity contribution in [3.05, 3.63) is 0 Å². The predicted octanol–water partition coefficient (Wildman–Crippen LogP) is 2.89. The number of urea groups is 1. The molecule has 3 heteroatoms. The number of hydrogen-bond acceptors (Lipinski definition) is 1. The SMILES string of the molecule is CC1CCC(C)(C2CCCCC2)N1C(N)=O. The molecule has 0 bridgehead atoms. The normalized spacial score (nSPS) is 36.6. The molecule has 1 saturated carbocycles. The summed E-state index contributed by atoms with van der Waals surface area (Å²) in [5.74, 6) is 0.665. The number of hydrogen-bond donors (Lipinski definition) is 1. The summed E-state index contributed by atoms with van der Waals surface area (Å²) < 4.78 is 0. The van der Waals surface area contributed by atoms with Crippen molar-refractivity contribution in [1.82, 2.24) is 4.90 Å². The van der Waals surface area contributed by atoms with Gasteiger partial charge in [-0.1, -0.05) is 19.3 Å². The molecule has 0 aromatic rings. The van der Waals surface area contributed by atoms with Gasteiger partial charge in [0.25, 0.3) is 0 Å². The highest BCUT2D eigenvalue weighted by Crippen LogP contribution is 2.44. The van der Waals surface area contributed by atoms with Crippen molar-refractivity contribution < 1.29 is 4.79 Å². The van der Waals surface area contributed by atoms with Crippen LogP contribution in [0, 0.1) is 5.92 Å². The minimum absolute atomic E-state index is 0.0334. The average molecular weight is 224 g/mol. The van der Waals surface area contributed by atoms with Gasteiger partial charge in [0, 0.05) is 11.6 Å². The maximum atomic E-state index is 11.6. The van der Waals surface area contributed by atoms with Crippen LogP contribution in [0.4, 0.5) is 4.79 Å². The van der Waals surface area contributed by atoms with Crippen molar-refractivity contribution in [1.29, 1.82) is 0 Å². The van der Waals surface area contributed by atoms with E-state index in [0.717, 1.165) is 12.8 Å². The van der Waals surface area contributed by atoms with Gasteiger partial charge in [-0.2, -0.15) is 0 Å². The van der Waals surface area contributed by atoms with E-state index in [1.807, 2.05) is 4.90 Å². The Bertz CT molecular complexity index is 273. The fourth-order valence-corrected chi connectivity index (χ4v) is 3.85. The lowest BCUT2D eigenvalue weighted by atomic mass is 9.74. The molecule has 2 rings (SSSR count). The Kier molecular flexibility index (Phi) is 3.13. The minimum atomic E-state index is -0.224. The van der Waals surface area contributed by atoms with E-state index in [2.05, 4.69) is 13.8 Å². The Morgan fingerprint density at radius 1 is 1.25 bits per heavy atom. The van der Waals surface area contributed by atoms with Gasteiger partial charge < -0.3 is 10.6 Å². The first-order chi connectivity index (χ1) is 7.55. The van der Waals surface area contributed by atoms with Crippen molar-refractivity contribution in [2.45, 2.75) is 70.4 Å². The molecule has 2 aliphatic rings. The zero-order valence-electron chi connectivity index (χ0n) is 10.5. The highest BCUT2D eigenvalue weighted by molar-refractivity contribution is 5.73. The third kappa shape index (κ3) is 1.80. The van der Waals surface area contributed by atoms with E-state index in [1.165, 1.54) is 32.1 Å². The zero-order chi connectivity index (χ0) is 11.8. The lowest BCUT2D eigenvalue weighted by Gasteiger charge is -2.44. The van der Waals surface area contributed by atoms with Crippen LogP contribution in [0.3, 0.4) is 0 Å². The molecule has 0 aromatic heterocycles. The van der Waals surface area contributed by atoms with Gasteiger partial charge in [0.05, 0.1) is 0 Å². The summed E-state index contributed by atoms with van der Waals surface area (Å²) in [4.78, 5) is 13.6. The second-order valence-electron chi connectivity index (χ2n) is 5.79. The Morgan fingerprint density at radius 3 is 2.44 bits per heavy atom. The quantitative estimate of drug-likeness (QED) is 0.731. The molecule has 1 heterocycles. The summed E-state index contributed by atoms with van der Waals surface area (Å²) in [7, 11) is 0. The molecular weight excluding hydrogens is 200 g/mol. The maximum absolute atomic E-state index is 11.6. The van der Waals surface area contributed by atoms with E-state index in [9.17, 15) is 4.79 Å². The van der Waals surface area contributed by atoms with Crippen molar-refractivity contribution in [3.8, 4) is 0 Å². The second kappa shape index (κ2) is 4.27. The maximum Gasteiger partial charge on any atom is 0.315 e. The number of nitrogens with zero attached hydrogens (tertiary/aromatic N) is 1. The van der Waals surface area contributed by atoms with Crippen LogP contribution >= 0.6 is 0 Å². The number of nitrogens with two attached hydrogens (primary N) is 1. The molecule has 2 N–H and O–H groups in total. The molecule has 0 radical (unpaired) electrons. The molecule has 1 aliphatic carbocycles. The van der Waals surface area contributed by atoms with E-state index in [1.54, 1.807) is 0 Å². The lowest BCUT2D eigenvalue weighted by molar-refractivity contribution is 0.0768. The molecule has 92 valence electrons. The van der Waals surface area contributed by atoms with Gasteiger partial charge >= 0.3 is 6.03 Å². The Hall–Kier alpha value is -0.730. The average Bonchev–Trinajstić information content (AvgIpc) is 2.57. The number of likely N-dealkylation sites (tertiary alicyclic amines) is 1. The fourth-order valence-electron chi connectivity index (χ4n) is 3.85. The van der Waals surface area contributed by atoms with Crippen molar-refractivity contribution in [2.75, 3.05) is 0 Å². The minimum Gasteiger partial charge on any atom is -0.351 e. The van der Waals surface area contributed by atoms with Gasteiger partial charge in [0.2, 0.25) is 0 Å². The first-order valence-corrected chi connectivity index (χ1v) is 6.64. The fraction of sp³-hybridized carbons (Fsp3) is 0.923. The third-order valence-electron chi connectivity index (χ3n) is 4.78. The van der Waals surface area contributed by atoms with Crippen LogP contribution in [0.25, 0.3) is 0 Å². The summed E-state index contributed by atoms with van der Waals surface area (Å²) in [5.41, 5.74) is 5.59. The molecule has 1 aliphatic heterocycles. The van der Waals surface area contributed by atoms with Gasteiger partial charge in [0.1, 0.15) is 0 Å². The van der Waals surface area contributed by atoms with Crippen molar-refractivity contribution >= 4 is 6.03 Å². The van der Waals surface area contributed by atoms with Gasteiger partial charge in [-0.05, 0) is 45.4 Å². The number of amides is 2. The Labute approximate surface area is 98.4 Å². The van der Waals surface area contributed by atoms with E-state index >= 15 is 0 Å². The number of carbonyl (C=O) groups is 1. The van der Waals surface area contributed by atoms with Crippen LogP contribution in [0.2, 0.25) is 0 Å². The van der Waals surface area contributed by atoms with Crippen molar-refractivity contribution in [3.63, 3.8) is 0 Å². The molecule has 1 saturated heterocycles. The molecule has 2 fully saturated rings. The van der Waals surface area contributed by atoms with Crippen LogP contribution < -0.4 is 5.73 Å². The van der Waals surface area contributed by atoms with Crippen molar-refractivity contribution in [2.24, 2.45) is 11.7 Å². The second-order valence-corrected chi connectivity index (χ2v) is 5.79. The highest BCUT2D eigenvalue weighted by atomic mass is 16.2. The first kappa shape index (κ1) is 11.7. The largest absolute Gasteiger partial charge is 0.351 e. The molecule has 0 aromatic carbocycles. The number of primary amides is 1. The molecule has 16 heavy (non-hydrogen) atoms. The molecule has 2 amide bonds. The lowest BCUT2D eigenvalue weighted by Crippen LogP contribution is -2.54. The van der Waals surface area contributed by atoms with Crippen LogP contribution in [0.1, 0.15) is 58.8 Å². The Balaban J connectivity index is 2.18. The first-order valence-electron chi connectivity index (χ1n) is 6.64. The summed E-state index contributed by atoms with van der Waals surface area (Å²) >= 11 is 0. The van der Waals surface area contributed by atoms with Crippen LogP contribution in [-0.4, -0.2) is 22.5 Å². The predicted molar refractivity (Wildman–Crippen MR) is 65.1 cm³/mol. The Morgan fingerprint density at radius 2 is 1.88 bits per heavy atom. The van der Waals surface area contributed by atoms with Crippen LogP contribution in [0.15, 0.2) is 0 Å².